The van der Waals surface area contributed by atoms with Crippen molar-refractivity contribution in [1.29, 1.82) is 0 Å². The Labute approximate surface area is 127 Å². The van der Waals surface area contributed by atoms with E-state index in [0.717, 1.165) is 43.7 Å². The average molecular weight is 293 g/mol. The Morgan fingerprint density at radius 2 is 1.90 bits per heavy atom. The van der Waals surface area contributed by atoms with Crippen LogP contribution in [-0.4, -0.2) is 30.5 Å². The minimum atomic E-state index is -0.101. The average Bonchev–Trinajstić information content (AvgIpc) is 2.47. The highest BCUT2D eigenvalue weighted by Crippen LogP contribution is 2.29. The molecular formula is C17H27NO3. The van der Waals surface area contributed by atoms with Gasteiger partial charge in [0.25, 0.3) is 0 Å². The van der Waals surface area contributed by atoms with Gasteiger partial charge in [0.1, 0.15) is 0 Å². The highest BCUT2D eigenvalue weighted by atomic mass is 16.5. The van der Waals surface area contributed by atoms with Crippen LogP contribution in [0.25, 0.3) is 0 Å². The summed E-state index contributed by atoms with van der Waals surface area (Å²) < 4.78 is 11.1. The number of benzene rings is 1. The first kappa shape index (κ1) is 16.1. The second-order valence-corrected chi connectivity index (χ2v) is 6.04. The molecule has 1 aliphatic carbocycles. The lowest BCUT2D eigenvalue weighted by Gasteiger charge is -2.26. The van der Waals surface area contributed by atoms with E-state index in [1.165, 1.54) is 5.56 Å². The van der Waals surface area contributed by atoms with Crippen LogP contribution in [0, 0.1) is 0 Å². The number of methoxy groups -OCH3 is 1. The molecule has 0 aromatic heterocycles. The number of aliphatic hydroxyl groups is 1. The summed E-state index contributed by atoms with van der Waals surface area (Å²) in [7, 11) is 1.67. The second kappa shape index (κ2) is 7.66. The van der Waals surface area contributed by atoms with Crippen molar-refractivity contribution in [3.8, 4) is 11.5 Å². The topological polar surface area (TPSA) is 50.7 Å². The molecule has 1 aromatic carbocycles. The maximum Gasteiger partial charge on any atom is 0.161 e. The first-order valence-corrected chi connectivity index (χ1v) is 7.83. The first-order chi connectivity index (χ1) is 10.1. The summed E-state index contributed by atoms with van der Waals surface area (Å²) in [6.45, 7) is 4.83. The summed E-state index contributed by atoms with van der Waals surface area (Å²) in [5.41, 5.74) is 1.19. The fourth-order valence-corrected chi connectivity index (χ4v) is 2.72. The molecule has 0 aliphatic heterocycles. The van der Waals surface area contributed by atoms with Gasteiger partial charge in [-0.15, -0.1) is 0 Å². The Balaban J connectivity index is 1.91. The molecule has 4 nitrogen and oxygen atoms in total. The molecule has 1 aromatic rings. The molecule has 2 N–H and O–H groups in total. The number of nitrogens with one attached hydrogen (secondary N) is 1. The number of hydrogen-bond donors (Lipinski definition) is 2. The van der Waals surface area contributed by atoms with Crippen LogP contribution in [0.5, 0.6) is 11.5 Å². The lowest BCUT2D eigenvalue weighted by molar-refractivity contribution is 0.116. The van der Waals surface area contributed by atoms with E-state index in [1.54, 1.807) is 7.11 Å². The molecule has 0 unspecified atom stereocenters. The van der Waals surface area contributed by atoms with Crippen LogP contribution in [0.1, 0.15) is 45.1 Å². The highest BCUT2D eigenvalue weighted by molar-refractivity contribution is 5.43. The molecule has 0 bridgehead atoms. The molecule has 0 amide bonds. The van der Waals surface area contributed by atoms with Crippen molar-refractivity contribution in [2.75, 3.05) is 7.11 Å². The van der Waals surface area contributed by atoms with E-state index in [9.17, 15) is 5.11 Å². The molecule has 1 saturated carbocycles. The van der Waals surface area contributed by atoms with Crippen molar-refractivity contribution < 1.29 is 14.6 Å². The van der Waals surface area contributed by atoms with Crippen LogP contribution in [0.2, 0.25) is 0 Å². The normalized spacial score (nSPS) is 22.3. The quantitative estimate of drug-likeness (QED) is 0.847. The van der Waals surface area contributed by atoms with E-state index < -0.39 is 0 Å². The van der Waals surface area contributed by atoms with Crippen LogP contribution in [-0.2, 0) is 6.54 Å². The minimum Gasteiger partial charge on any atom is -0.493 e. The highest BCUT2D eigenvalue weighted by Gasteiger charge is 2.18. The van der Waals surface area contributed by atoms with Gasteiger partial charge in [0.2, 0.25) is 0 Å². The number of aliphatic hydroxyl groups excluding tert-OH is 1. The fraction of sp³-hybridized carbons (Fsp3) is 0.647. The van der Waals surface area contributed by atoms with Gasteiger partial charge in [-0.25, -0.2) is 0 Å². The Morgan fingerprint density at radius 1 is 1.19 bits per heavy atom. The third-order valence-corrected chi connectivity index (χ3v) is 3.88. The van der Waals surface area contributed by atoms with Crippen LogP contribution in [0.4, 0.5) is 0 Å². The van der Waals surface area contributed by atoms with Gasteiger partial charge in [0.05, 0.1) is 19.3 Å². The molecular weight excluding hydrogens is 266 g/mol. The van der Waals surface area contributed by atoms with Gasteiger partial charge in [-0.2, -0.15) is 0 Å². The molecule has 1 aliphatic rings. The number of hydrogen-bond acceptors (Lipinski definition) is 4. The van der Waals surface area contributed by atoms with E-state index in [2.05, 4.69) is 11.4 Å². The van der Waals surface area contributed by atoms with Gasteiger partial charge in [-0.1, -0.05) is 6.07 Å². The van der Waals surface area contributed by atoms with E-state index >= 15 is 0 Å². The van der Waals surface area contributed by atoms with Gasteiger partial charge in [0, 0.05) is 12.6 Å². The van der Waals surface area contributed by atoms with Gasteiger partial charge >= 0.3 is 0 Å². The van der Waals surface area contributed by atoms with Crippen LogP contribution >= 0.6 is 0 Å². The summed E-state index contributed by atoms with van der Waals surface area (Å²) in [5.74, 6) is 1.57. The zero-order chi connectivity index (χ0) is 15.2. The first-order valence-electron chi connectivity index (χ1n) is 7.83. The number of rotatable bonds is 6. The summed E-state index contributed by atoms with van der Waals surface area (Å²) in [6.07, 6.45) is 3.94. The molecule has 0 heterocycles. The summed E-state index contributed by atoms with van der Waals surface area (Å²) >= 11 is 0. The monoisotopic (exact) mass is 293 g/mol. The molecule has 2 rings (SSSR count). The summed E-state index contributed by atoms with van der Waals surface area (Å²) in [5, 5.41) is 13.1. The van der Waals surface area contributed by atoms with Gasteiger partial charge < -0.3 is 19.9 Å². The maximum atomic E-state index is 9.52. The van der Waals surface area contributed by atoms with Crippen molar-refractivity contribution in [2.45, 2.75) is 64.3 Å². The minimum absolute atomic E-state index is 0.101. The van der Waals surface area contributed by atoms with Crippen molar-refractivity contribution in [2.24, 2.45) is 0 Å². The predicted molar refractivity (Wildman–Crippen MR) is 83.9 cm³/mol. The molecule has 0 atom stereocenters. The standard InChI is InChI=1S/C17H27NO3/c1-12(2)21-16-9-4-13(10-17(16)20-3)11-18-14-5-7-15(19)8-6-14/h4,9-10,12,14-15,18-19H,5-8,11H2,1-3H3. The third-order valence-electron chi connectivity index (χ3n) is 3.88. The molecule has 4 heteroatoms. The Bertz CT molecular complexity index is 440. The second-order valence-electron chi connectivity index (χ2n) is 6.04. The Kier molecular flexibility index (Phi) is 5.88. The zero-order valence-corrected chi connectivity index (χ0v) is 13.3. The molecule has 0 saturated heterocycles. The van der Waals surface area contributed by atoms with Gasteiger partial charge in [-0.3, -0.25) is 0 Å². The third kappa shape index (κ3) is 4.90. The summed E-state index contributed by atoms with van der Waals surface area (Å²) in [4.78, 5) is 0. The van der Waals surface area contributed by atoms with Crippen molar-refractivity contribution in [3.05, 3.63) is 23.8 Å². The lowest BCUT2D eigenvalue weighted by atomic mass is 9.93. The number of ether oxygens (including phenoxy) is 2. The van der Waals surface area contributed by atoms with Crippen LogP contribution in [0.15, 0.2) is 18.2 Å². The molecule has 21 heavy (non-hydrogen) atoms. The Hall–Kier alpha value is -1.26. The SMILES string of the molecule is COc1cc(CNC2CCC(O)CC2)ccc1OC(C)C. The zero-order valence-electron chi connectivity index (χ0n) is 13.3. The summed E-state index contributed by atoms with van der Waals surface area (Å²) in [6, 6.07) is 6.58. The molecule has 1 fully saturated rings. The lowest BCUT2D eigenvalue weighted by Crippen LogP contribution is -2.34. The van der Waals surface area contributed by atoms with E-state index in [-0.39, 0.29) is 12.2 Å². The van der Waals surface area contributed by atoms with Crippen molar-refractivity contribution in [1.82, 2.24) is 5.32 Å². The van der Waals surface area contributed by atoms with Crippen molar-refractivity contribution in [3.63, 3.8) is 0 Å². The molecule has 0 radical (unpaired) electrons. The molecule has 0 spiro atoms. The van der Waals surface area contributed by atoms with E-state index in [0.29, 0.717) is 6.04 Å². The van der Waals surface area contributed by atoms with Crippen LogP contribution in [0.3, 0.4) is 0 Å². The largest absolute Gasteiger partial charge is 0.493 e. The van der Waals surface area contributed by atoms with E-state index in [1.807, 2.05) is 26.0 Å². The fourth-order valence-electron chi connectivity index (χ4n) is 2.72. The predicted octanol–water partition coefficient (Wildman–Crippen LogP) is 2.88. The van der Waals surface area contributed by atoms with E-state index in [4.69, 9.17) is 9.47 Å². The van der Waals surface area contributed by atoms with Crippen molar-refractivity contribution >= 4 is 0 Å². The van der Waals surface area contributed by atoms with Gasteiger partial charge in [-0.05, 0) is 57.2 Å². The smallest absolute Gasteiger partial charge is 0.161 e. The maximum absolute atomic E-state index is 9.52. The Morgan fingerprint density at radius 3 is 2.52 bits per heavy atom. The van der Waals surface area contributed by atoms with Gasteiger partial charge in [0.15, 0.2) is 11.5 Å². The van der Waals surface area contributed by atoms with Crippen LogP contribution < -0.4 is 14.8 Å². The molecule has 118 valence electrons.